The van der Waals surface area contributed by atoms with Crippen molar-refractivity contribution in [2.24, 2.45) is 11.8 Å². The first kappa shape index (κ1) is 14.6. The molecule has 0 aliphatic carbocycles. The van der Waals surface area contributed by atoms with Crippen molar-refractivity contribution in [1.82, 2.24) is 0 Å². The van der Waals surface area contributed by atoms with Gasteiger partial charge in [0.25, 0.3) is 0 Å². The predicted molar refractivity (Wildman–Crippen MR) is 73.8 cm³/mol. The van der Waals surface area contributed by atoms with Crippen LogP contribution in [0.15, 0.2) is 24.3 Å². The van der Waals surface area contributed by atoms with E-state index in [1.807, 2.05) is 38.1 Å². The molecule has 0 spiro atoms. The molecule has 0 bridgehead atoms. The van der Waals surface area contributed by atoms with Gasteiger partial charge in [-0.25, -0.2) is 0 Å². The van der Waals surface area contributed by atoms with Crippen molar-refractivity contribution in [2.45, 2.75) is 40.5 Å². The molecule has 0 radical (unpaired) electrons. The van der Waals surface area contributed by atoms with E-state index in [2.05, 4.69) is 13.8 Å². The highest BCUT2D eigenvalue weighted by Gasteiger charge is 2.14. The maximum Gasteiger partial charge on any atom is 0.170 e. The summed E-state index contributed by atoms with van der Waals surface area (Å²) in [7, 11) is 0. The fraction of sp³-hybridized carbons (Fsp3) is 0.500. The highest BCUT2D eigenvalue weighted by molar-refractivity contribution is 6.08. The Morgan fingerprint density at radius 1 is 1.00 bits per heavy atom. The summed E-state index contributed by atoms with van der Waals surface area (Å²) >= 11 is 0. The van der Waals surface area contributed by atoms with Gasteiger partial charge in [-0.2, -0.15) is 0 Å². The number of ketones is 2. The van der Waals surface area contributed by atoms with Gasteiger partial charge in [0, 0.05) is 11.5 Å². The van der Waals surface area contributed by atoms with Crippen LogP contribution in [0.2, 0.25) is 0 Å². The van der Waals surface area contributed by atoms with E-state index in [1.54, 1.807) is 0 Å². The van der Waals surface area contributed by atoms with Gasteiger partial charge in [-0.3, -0.25) is 9.59 Å². The summed E-state index contributed by atoms with van der Waals surface area (Å²) in [6, 6.07) is 7.61. The molecule has 1 aromatic rings. The SMILES string of the molecule is CC(C)Cc1ccc(C(=O)CC(=O)C(C)C)cc1. The summed E-state index contributed by atoms with van der Waals surface area (Å²) < 4.78 is 0. The molecule has 0 aromatic heterocycles. The normalized spacial score (nSPS) is 11.0. The molecule has 0 aliphatic heterocycles. The number of carbonyl (C=O) groups excluding carboxylic acids is 2. The Kier molecular flexibility index (Phi) is 5.26. The summed E-state index contributed by atoms with van der Waals surface area (Å²) in [6.07, 6.45) is 1.03. The fourth-order valence-electron chi connectivity index (χ4n) is 1.76. The van der Waals surface area contributed by atoms with Crippen molar-refractivity contribution in [3.63, 3.8) is 0 Å². The minimum atomic E-state index is -0.0789. The summed E-state index contributed by atoms with van der Waals surface area (Å²) in [5.74, 6) is 0.458. The molecule has 98 valence electrons. The molecule has 18 heavy (non-hydrogen) atoms. The van der Waals surface area contributed by atoms with Crippen LogP contribution in [0.5, 0.6) is 0 Å². The molecule has 0 atom stereocenters. The van der Waals surface area contributed by atoms with Gasteiger partial charge in [0.15, 0.2) is 5.78 Å². The highest BCUT2D eigenvalue weighted by Crippen LogP contribution is 2.12. The second-order valence-electron chi connectivity index (χ2n) is 5.52. The Morgan fingerprint density at radius 2 is 1.56 bits per heavy atom. The van der Waals surface area contributed by atoms with Crippen LogP contribution in [-0.4, -0.2) is 11.6 Å². The fourth-order valence-corrected chi connectivity index (χ4v) is 1.76. The summed E-state index contributed by atoms with van der Waals surface area (Å²) in [5.41, 5.74) is 1.87. The minimum Gasteiger partial charge on any atom is -0.299 e. The zero-order valence-electron chi connectivity index (χ0n) is 11.7. The van der Waals surface area contributed by atoms with Crippen molar-refractivity contribution in [2.75, 3.05) is 0 Å². The van der Waals surface area contributed by atoms with E-state index in [4.69, 9.17) is 0 Å². The van der Waals surface area contributed by atoms with E-state index < -0.39 is 0 Å². The van der Waals surface area contributed by atoms with Crippen LogP contribution in [0.4, 0.5) is 0 Å². The Balaban J connectivity index is 2.67. The number of carbonyl (C=O) groups is 2. The van der Waals surface area contributed by atoms with E-state index in [0.717, 1.165) is 6.42 Å². The van der Waals surface area contributed by atoms with Crippen LogP contribution in [0.1, 0.15) is 50.0 Å². The van der Waals surface area contributed by atoms with Gasteiger partial charge in [-0.15, -0.1) is 0 Å². The van der Waals surface area contributed by atoms with Gasteiger partial charge in [0.1, 0.15) is 5.78 Å². The molecular formula is C16H22O2. The predicted octanol–water partition coefficient (Wildman–Crippen LogP) is 3.68. The zero-order chi connectivity index (χ0) is 13.7. The quantitative estimate of drug-likeness (QED) is 0.566. The molecule has 0 saturated carbocycles. The average molecular weight is 246 g/mol. The van der Waals surface area contributed by atoms with Crippen LogP contribution < -0.4 is 0 Å². The summed E-state index contributed by atoms with van der Waals surface area (Å²) in [6.45, 7) is 7.98. The van der Waals surface area contributed by atoms with Crippen molar-refractivity contribution in [3.05, 3.63) is 35.4 Å². The van der Waals surface area contributed by atoms with E-state index in [1.165, 1.54) is 5.56 Å². The van der Waals surface area contributed by atoms with Crippen molar-refractivity contribution in [3.8, 4) is 0 Å². The maximum absolute atomic E-state index is 11.9. The lowest BCUT2D eigenvalue weighted by Crippen LogP contribution is -2.13. The van der Waals surface area contributed by atoms with Crippen LogP contribution in [0, 0.1) is 11.8 Å². The first-order valence-corrected chi connectivity index (χ1v) is 6.55. The molecule has 2 nitrogen and oxygen atoms in total. The molecule has 1 rings (SSSR count). The van der Waals surface area contributed by atoms with E-state index >= 15 is 0 Å². The Hall–Kier alpha value is -1.44. The average Bonchev–Trinajstić information content (AvgIpc) is 2.28. The first-order valence-electron chi connectivity index (χ1n) is 6.55. The highest BCUT2D eigenvalue weighted by atomic mass is 16.1. The molecule has 0 N–H and O–H groups in total. The Labute approximate surface area is 109 Å². The molecule has 0 heterocycles. The van der Waals surface area contributed by atoms with Crippen LogP contribution >= 0.6 is 0 Å². The number of benzene rings is 1. The molecular weight excluding hydrogens is 224 g/mol. The topological polar surface area (TPSA) is 34.1 Å². The van der Waals surface area contributed by atoms with Crippen molar-refractivity contribution < 1.29 is 9.59 Å². The number of Topliss-reactive ketones (excluding diaryl/α,β-unsaturated/α-hetero) is 2. The van der Waals surface area contributed by atoms with Gasteiger partial charge < -0.3 is 0 Å². The molecule has 0 unspecified atom stereocenters. The van der Waals surface area contributed by atoms with E-state index in [9.17, 15) is 9.59 Å². The largest absolute Gasteiger partial charge is 0.299 e. The smallest absolute Gasteiger partial charge is 0.170 e. The maximum atomic E-state index is 11.9. The third kappa shape index (κ3) is 4.44. The van der Waals surface area contributed by atoms with E-state index in [-0.39, 0.29) is 23.9 Å². The minimum absolute atomic E-state index is 0.00579. The van der Waals surface area contributed by atoms with Crippen molar-refractivity contribution >= 4 is 11.6 Å². The van der Waals surface area contributed by atoms with Gasteiger partial charge in [-0.1, -0.05) is 52.0 Å². The molecule has 1 aromatic carbocycles. The van der Waals surface area contributed by atoms with Crippen LogP contribution in [-0.2, 0) is 11.2 Å². The monoisotopic (exact) mass is 246 g/mol. The van der Waals surface area contributed by atoms with Crippen molar-refractivity contribution in [1.29, 1.82) is 0 Å². The summed E-state index contributed by atoms with van der Waals surface area (Å²) in [4.78, 5) is 23.4. The molecule has 0 amide bonds. The second kappa shape index (κ2) is 6.48. The number of rotatable bonds is 6. The Morgan fingerprint density at radius 3 is 2.00 bits per heavy atom. The molecule has 0 fully saturated rings. The Bertz CT molecular complexity index is 413. The van der Waals surface area contributed by atoms with Crippen LogP contribution in [0.3, 0.4) is 0 Å². The van der Waals surface area contributed by atoms with Crippen LogP contribution in [0.25, 0.3) is 0 Å². The van der Waals surface area contributed by atoms with Gasteiger partial charge in [0.05, 0.1) is 6.42 Å². The van der Waals surface area contributed by atoms with E-state index in [0.29, 0.717) is 11.5 Å². The lowest BCUT2D eigenvalue weighted by Gasteiger charge is -2.07. The van der Waals surface area contributed by atoms with Gasteiger partial charge in [0.2, 0.25) is 0 Å². The molecule has 0 aliphatic rings. The van der Waals surface area contributed by atoms with Gasteiger partial charge >= 0.3 is 0 Å². The lowest BCUT2D eigenvalue weighted by atomic mass is 9.97. The third-order valence-corrected chi connectivity index (χ3v) is 2.90. The first-order chi connectivity index (χ1) is 8.40. The summed E-state index contributed by atoms with van der Waals surface area (Å²) in [5, 5.41) is 0. The zero-order valence-corrected chi connectivity index (χ0v) is 11.7. The van der Waals surface area contributed by atoms with Gasteiger partial charge in [-0.05, 0) is 17.9 Å². The molecule has 0 saturated heterocycles. The second-order valence-corrected chi connectivity index (χ2v) is 5.52. The standard InChI is InChI=1S/C16H22O2/c1-11(2)9-13-5-7-14(8-6-13)16(18)10-15(17)12(3)4/h5-8,11-12H,9-10H2,1-4H3. The lowest BCUT2D eigenvalue weighted by molar-refractivity contribution is -0.121. The number of hydrogen-bond donors (Lipinski definition) is 0. The third-order valence-electron chi connectivity index (χ3n) is 2.90. The number of hydrogen-bond acceptors (Lipinski definition) is 2. The molecule has 2 heteroatoms.